The highest BCUT2D eigenvalue weighted by Gasteiger charge is 2.15. The second kappa shape index (κ2) is 5.85. The maximum Gasteiger partial charge on any atom is 0.255 e. The quantitative estimate of drug-likeness (QED) is 0.906. The Morgan fingerprint density at radius 3 is 2.71 bits per heavy atom. The van der Waals surface area contributed by atoms with Crippen molar-refractivity contribution in [2.75, 3.05) is 18.5 Å². The second-order valence-corrected chi connectivity index (χ2v) is 4.72. The molecule has 0 saturated carbocycles. The molecule has 0 atom stereocenters. The molecule has 2 aromatic carbocycles. The van der Waals surface area contributed by atoms with Crippen molar-refractivity contribution in [3.05, 3.63) is 53.6 Å². The number of benzene rings is 2. The maximum atomic E-state index is 12.3. The van der Waals surface area contributed by atoms with Gasteiger partial charge in [0.2, 0.25) is 0 Å². The molecule has 0 aromatic heterocycles. The first-order chi connectivity index (χ1) is 10.3. The molecule has 0 unspecified atom stereocenters. The molecule has 5 nitrogen and oxygen atoms in total. The van der Waals surface area contributed by atoms with Gasteiger partial charge < -0.3 is 20.5 Å². The van der Waals surface area contributed by atoms with Crippen LogP contribution >= 0.6 is 0 Å². The van der Waals surface area contributed by atoms with Crippen LogP contribution in [-0.2, 0) is 6.54 Å². The molecule has 0 aliphatic carbocycles. The van der Waals surface area contributed by atoms with Crippen molar-refractivity contribution in [1.29, 1.82) is 0 Å². The molecule has 0 spiro atoms. The van der Waals surface area contributed by atoms with E-state index in [2.05, 4.69) is 5.32 Å². The lowest BCUT2D eigenvalue weighted by Gasteiger charge is -2.18. The van der Waals surface area contributed by atoms with E-state index in [1.54, 1.807) is 18.2 Å². The Kier molecular flexibility index (Phi) is 3.75. The minimum absolute atomic E-state index is 0.193. The van der Waals surface area contributed by atoms with Crippen LogP contribution in [0.1, 0.15) is 15.9 Å². The summed E-state index contributed by atoms with van der Waals surface area (Å²) >= 11 is 0. The number of fused-ring (bicyclic) bond motifs is 1. The minimum atomic E-state index is -0.193. The van der Waals surface area contributed by atoms with Crippen molar-refractivity contribution in [1.82, 2.24) is 0 Å². The van der Waals surface area contributed by atoms with E-state index in [1.807, 2.05) is 24.3 Å². The zero-order chi connectivity index (χ0) is 14.7. The standard InChI is InChI=1S/C16H16N2O3/c17-10-11-2-1-3-13(8-11)18-16(19)12-4-5-14-15(9-12)21-7-6-20-14/h1-5,8-9H,6-7,10,17H2,(H,18,19). The molecule has 3 N–H and O–H groups in total. The van der Waals surface area contributed by atoms with Gasteiger partial charge in [-0.25, -0.2) is 0 Å². The zero-order valence-electron chi connectivity index (χ0n) is 11.5. The second-order valence-electron chi connectivity index (χ2n) is 4.72. The number of anilines is 1. The molecule has 0 bridgehead atoms. The molecule has 0 fully saturated rings. The molecule has 21 heavy (non-hydrogen) atoms. The first-order valence-corrected chi connectivity index (χ1v) is 6.76. The van der Waals surface area contributed by atoms with E-state index in [1.165, 1.54) is 0 Å². The molecular weight excluding hydrogens is 268 g/mol. The maximum absolute atomic E-state index is 12.3. The first kappa shape index (κ1) is 13.5. The summed E-state index contributed by atoms with van der Waals surface area (Å²) in [5.74, 6) is 1.08. The summed E-state index contributed by atoms with van der Waals surface area (Å²) in [4.78, 5) is 12.3. The van der Waals surface area contributed by atoms with Gasteiger partial charge in [0.05, 0.1) is 0 Å². The molecule has 108 valence electrons. The SMILES string of the molecule is NCc1cccc(NC(=O)c2ccc3c(c2)OCCO3)c1. The first-order valence-electron chi connectivity index (χ1n) is 6.76. The monoisotopic (exact) mass is 284 g/mol. The molecule has 1 aliphatic heterocycles. The van der Waals surface area contributed by atoms with Gasteiger partial charge in [-0.3, -0.25) is 4.79 Å². The number of ether oxygens (including phenoxy) is 2. The molecule has 2 aromatic rings. The van der Waals surface area contributed by atoms with Crippen LogP contribution in [0.3, 0.4) is 0 Å². The van der Waals surface area contributed by atoms with Crippen LogP contribution in [0.2, 0.25) is 0 Å². The minimum Gasteiger partial charge on any atom is -0.486 e. The van der Waals surface area contributed by atoms with E-state index in [9.17, 15) is 4.79 Å². The molecule has 1 heterocycles. The van der Waals surface area contributed by atoms with E-state index in [0.29, 0.717) is 36.8 Å². The molecule has 1 aliphatic rings. The summed E-state index contributed by atoms with van der Waals surface area (Å²) < 4.78 is 10.9. The van der Waals surface area contributed by atoms with Gasteiger partial charge in [-0.1, -0.05) is 12.1 Å². The highest BCUT2D eigenvalue weighted by Crippen LogP contribution is 2.30. The summed E-state index contributed by atoms with van der Waals surface area (Å²) in [5, 5.41) is 2.85. The summed E-state index contributed by atoms with van der Waals surface area (Å²) in [6, 6.07) is 12.6. The average Bonchev–Trinajstić information content (AvgIpc) is 2.54. The average molecular weight is 284 g/mol. The van der Waals surface area contributed by atoms with Crippen LogP contribution in [0, 0.1) is 0 Å². The van der Waals surface area contributed by atoms with E-state index < -0.39 is 0 Å². The van der Waals surface area contributed by atoms with Crippen LogP contribution in [0.15, 0.2) is 42.5 Å². The van der Waals surface area contributed by atoms with Gasteiger partial charge in [-0.05, 0) is 35.9 Å². The number of nitrogens with two attached hydrogens (primary N) is 1. The van der Waals surface area contributed by atoms with Crippen molar-refractivity contribution in [3.8, 4) is 11.5 Å². The van der Waals surface area contributed by atoms with Crippen LogP contribution < -0.4 is 20.5 Å². The number of hydrogen-bond donors (Lipinski definition) is 2. The Morgan fingerprint density at radius 2 is 1.90 bits per heavy atom. The summed E-state index contributed by atoms with van der Waals surface area (Å²) in [6.07, 6.45) is 0. The molecule has 0 radical (unpaired) electrons. The zero-order valence-corrected chi connectivity index (χ0v) is 11.5. The highest BCUT2D eigenvalue weighted by atomic mass is 16.6. The van der Waals surface area contributed by atoms with Gasteiger partial charge in [-0.2, -0.15) is 0 Å². The van der Waals surface area contributed by atoms with Crippen molar-refractivity contribution in [2.45, 2.75) is 6.54 Å². The molecule has 1 amide bonds. The molecule has 0 saturated heterocycles. The number of hydrogen-bond acceptors (Lipinski definition) is 4. The third-order valence-electron chi connectivity index (χ3n) is 3.22. The van der Waals surface area contributed by atoms with Crippen LogP contribution in [-0.4, -0.2) is 19.1 Å². The van der Waals surface area contributed by atoms with Crippen molar-refractivity contribution < 1.29 is 14.3 Å². The lowest BCUT2D eigenvalue weighted by molar-refractivity contribution is 0.102. The third-order valence-corrected chi connectivity index (χ3v) is 3.22. The molecule has 3 rings (SSSR count). The fraction of sp³-hybridized carbons (Fsp3) is 0.188. The Balaban J connectivity index is 1.78. The Bertz CT molecular complexity index is 670. The summed E-state index contributed by atoms with van der Waals surface area (Å²) in [5.41, 5.74) is 7.81. The Morgan fingerprint density at radius 1 is 1.10 bits per heavy atom. The molecular formula is C16H16N2O3. The van der Waals surface area contributed by atoms with Crippen molar-refractivity contribution in [2.24, 2.45) is 5.73 Å². The number of carbonyl (C=O) groups excluding carboxylic acids is 1. The number of carbonyl (C=O) groups is 1. The molecule has 5 heteroatoms. The van der Waals surface area contributed by atoms with E-state index in [-0.39, 0.29) is 5.91 Å². The predicted octanol–water partition coefficient (Wildman–Crippen LogP) is 2.17. The number of amides is 1. The van der Waals surface area contributed by atoms with Crippen LogP contribution in [0.5, 0.6) is 11.5 Å². The lowest BCUT2D eigenvalue weighted by Crippen LogP contribution is -2.17. The fourth-order valence-electron chi connectivity index (χ4n) is 2.16. The van der Waals surface area contributed by atoms with Gasteiger partial charge in [0.15, 0.2) is 11.5 Å². The summed E-state index contributed by atoms with van der Waals surface area (Å²) in [7, 11) is 0. The van der Waals surface area contributed by atoms with E-state index >= 15 is 0 Å². The largest absolute Gasteiger partial charge is 0.486 e. The van der Waals surface area contributed by atoms with Gasteiger partial charge in [0, 0.05) is 17.8 Å². The predicted molar refractivity (Wildman–Crippen MR) is 79.7 cm³/mol. The lowest BCUT2D eigenvalue weighted by atomic mass is 10.1. The van der Waals surface area contributed by atoms with Gasteiger partial charge >= 0.3 is 0 Å². The third kappa shape index (κ3) is 2.98. The van der Waals surface area contributed by atoms with E-state index in [4.69, 9.17) is 15.2 Å². The number of nitrogens with one attached hydrogen (secondary N) is 1. The smallest absolute Gasteiger partial charge is 0.255 e. The van der Waals surface area contributed by atoms with Gasteiger partial charge in [0.25, 0.3) is 5.91 Å². The van der Waals surface area contributed by atoms with Crippen molar-refractivity contribution >= 4 is 11.6 Å². The van der Waals surface area contributed by atoms with Crippen LogP contribution in [0.25, 0.3) is 0 Å². The summed E-state index contributed by atoms with van der Waals surface area (Å²) in [6.45, 7) is 1.47. The Labute approximate surface area is 122 Å². The van der Waals surface area contributed by atoms with Crippen molar-refractivity contribution in [3.63, 3.8) is 0 Å². The fourth-order valence-corrected chi connectivity index (χ4v) is 2.16. The van der Waals surface area contributed by atoms with Crippen LogP contribution in [0.4, 0.5) is 5.69 Å². The Hall–Kier alpha value is -2.53. The van der Waals surface area contributed by atoms with Gasteiger partial charge in [-0.15, -0.1) is 0 Å². The van der Waals surface area contributed by atoms with E-state index in [0.717, 1.165) is 11.3 Å². The normalized spacial score (nSPS) is 12.8. The topological polar surface area (TPSA) is 73.6 Å². The number of rotatable bonds is 3. The highest BCUT2D eigenvalue weighted by molar-refractivity contribution is 6.04. The van der Waals surface area contributed by atoms with Gasteiger partial charge in [0.1, 0.15) is 13.2 Å².